The van der Waals surface area contributed by atoms with Gasteiger partial charge < -0.3 is 52.2 Å². The van der Waals surface area contributed by atoms with Crippen molar-refractivity contribution in [1.82, 2.24) is 29.9 Å². The summed E-state index contributed by atoms with van der Waals surface area (Å²) in [6.07, 6.45) is 11.1. The Balaban J connectivity index is 0.000000391. The molecule has 0 aliphatic carbocycles. The minimum atomic E-state index is 0. The Morgan fingerprint density at radius 1 is 0.163 bits per heavy atom. The van der Waals surface area contributed by atoms with Crippen LogP contribution in [0.2, 0.25) is 0 Å². The predicted molar refractivity (Wildman–Crippen MR) is 313 cm³/mol. The molecule has 404 valence electrons. The van der Waals surface area contributed by atoms with Crippen LogP contribution in [0.3, 0.4) is 0 Å². The number of nitrogens with zero attached hydrogens (tertiary/aromatic N) is 6. The number of halogens is 2. The molecule has 14 heteroatoms. The third-order valence-electron chi connectivity index (χ3n) is 12.0. The maximum Gasteiger partial charge on any atom is 2.00 e. The van der Waals surface area contributed by atoms with E-state index in [1.54, 1.807) is 0 Å². The van der Waals surface area contributed by atoms with Gasteiger partial charge in [0.25, 0.3) is 0 Å². The number of aromatic nitrogens is 6. The molecule has 0 amide bonds. The minimum Gasteiger partial charge on any atom is -1.00 e. The maximum absolute atomic E-state index is 4.51. The number of benzene rings is 6. The van der Waals surface area contributed by atoms with Crippen molar-refractivity contribution in [2.45, 2.75) is 0 Å². The first-order valence-corrected chi connectivity index (χ1v) is 23.8. The van der Waals surface area contributed by atoms with Crippen LogP contribution >= 0.6 is 0 Å². The fourth-order valence-corrected chi connectivity index (χ4v) is 8.28. The van der Waals surface area contributed by atoms with Gasteiger partial charge in [0.2, 0.25) is 0 Å². The van der Waals surface area contributed by atoms with Crippen LogP contribution in [0, 0.1) is 0 Å². The molecule has 0 unspecified atom stereocenters. The Bertz CT molecular complexity index is 3030. The molecule has 6 aromatic heterocycles. The van der Waals surface area contributed by atoms with Gasteiger partial charge in [0.05, 0.1) is 34.2 Å². The van der Waals surface area contributed by atoms with Crippen LogP contribution in [0.25, 0.3) is 101 Å². The molecule has 11 nitrogen and oxygen atoms in total. The molecule has 10 N–H and O–H groups in total. The average molecular weight is 1190 g/mol. The third kappa shape index (κ3) is 17.6. The second-order valence-electron chi connectivity index (χ2n) is 16.8. The second kappa shape index (κ2) is 34.2. The zero-order chi connectivity index (χ0) is 48.6. The molecule has 12 rings (SSSR count). The van der Waals surface area contributed by atoms with E-state index in [0.717, 1.165) is 67.5 Å². The summed E-state index contributed by atoms with van der Waals surface area (Å²) in [6, 6.07) is 86.6. The first-order chi connectivity index (χ1) is 35.7. The summed E-state index contributed by atoms with van der Waals surface area (Å²) in [7, 11) is 0. The number of rotatable bonds is 9. The van der Waals surface area contributed by atoms with Crippen molar-refractivity contribution >= 4 is 0 Å². The molecule has 6 aromatic carbocycles. The zero-order valence-electron chi connectivity index (χ0n) is 43.0. The van der Waals surface area contributed by atoms with E-state index in [0.29, 0.717) is 0 Å². The minimum absolute atomic E-state index is 0. The summed E-state index contributed by atoms with van der Waals surface area (Å²) >= 11 is 0. The molecule has 6 heterocycles. The third-order valence-corrected chi connectivity index (χ3v) is 12.0. The standard InChI is InChI=1S/3C22H16N2.2ClH.5H2O.Ru/c3*1-3-7-17(8-4-1)19-11-13-23-21(15-19)22-16-20(12-14-24-22)18-9-5-2-6-10-18;;;;;;;;/h3*1-16H;2*1H;5*1H2;/q;;;;;;;;;;+2/p-2. The van der Waals surface area contributed by atoms with Crippen molar-refractivity contribution in [2.75, 3.05) is 0 Å². The normalized spacial score (nSPS) is 9.45. The van der Waals surface area contributed by atoms with E-state index < -0.39 is 0 Å². The molecule has 0 radical (unpaired) electrons. The van der Waals surface area contributed by atoms with E-state index in [-0.39, 0.29) is 71.7 Å². The van der Waals surface area contributed by atoms with E-state index in [1.165, 1.54) is 33.4 Å². The van der Waals surface area contributed by atoms with Crippen molar-refractivity contribution in [3.05, 3.63) is 292 Å². The smallest absolute Gasteiger partial charge is 1.00 e. The Hall–Kier alpha value is -8.78. The summed E-state index contributed by atoms with van der Waals surface area (Å²) in [4.78, 5) is 27.0. The van der Waals surface area contributed by atoms with Crippen LogP contribution in [-0.4, -0.2) is 57.3 Å². The van der Waals surface area contributed by atoms with E-state index >= 15 is 0 Å². The molecule has 0 aliphatic rings. The molecule has 0 saturated carbocycles. The van der Waals surface area contributed by atoms with E-state index in [9.17, 15) is 0 Å². The monoisotopic (exact) mass is 1190 g/mol. The second-order valence-corrected chi connectivity index (χ2v) is 16.8. The molecule has 0 saturated heterocycles. The molecule has 0 aliphatic heterocycles. The van der Waals surface area contributed by atoms with Gasteiger partial charge in [-0.1, -0.05) is 182 Å². The summed E-state index contributed by atoms with van der Waals surface area (Å²) < 4.78 is 0. The zero-order valence-corrected chi connectivity index (χ0v) is 46.3. The number of pyridine rings is 6. The van der Waals surface area contributed by atoms with Gasteiger partial charge >= 0.3 is 19.5 Å². The summed E-state index contributed by atoms with van der Waals surface area (Å²) in [5.74, 6) is 0. The Kier molecular flexibility index (Phi) is 28.8. The quantitative estimate of drug-likeness (QED) is 0.150. The molecule has 0 atom stereocenters. The molecule has 0 bridgehead atoms. The van der Waals surface area contributed by atoms with Crippen molar-refractivity contribution in [3.63, 3.8) is 0 Å². The maximum atomic E-state index is 4.51. The molecular weight excluding hydrogens is 1130 g/mol. The number of hydrogen-bond donors (Lipinski definition) is 0. The van der Waals surface area contributed by atoms with Crippen LogP contribution < -0.4 is 24.8 Å². The van der Waals surface area contributed by atoms with Gasteiger partial charge in [-0.05, 0) is 140 Å². The summed E-state index contributed by atoms with van der Waals surface area (Å²) in [6.45, 7) is 0. The van der Waals surface area contributed by atoms with Gasteiger partial charge in [0.15, 0.2) is 0 Å². The van der Waals surface area contributed by atoms with Gasteiger partial charge in [-0.3, -0.25) is 29.9 Å². The fourth-order valence-electron chi connectivity index (χ4n) is 8.28. The molecular formula is C66H58Cl2N6O5Ru. The van der Waals surface area contributed by atoms with Gasteiger partial charge in [-0.25, -0.2) is 0 Å². The topological polar surface area (TPSA) is 235 Å². The Morgan fingerprint density at radius 3 is 0.412 bits per heavy atom. The average Bonchev–Trinajstić information content (AvgIpc) is 3.49. The van der Waals surface area contributed by atoms with Gasteiger partial charge in [0.1, 0.15) is 0 Å². The van der Waals surface area contributed by atoms with Crippen molar-refractivity contribution in [1.29, 1.82) is 0 Å². The predicted octanol–water partition coefficient (Wildman–Crippen LogP) is 6.31. The molecule has 0 fully saturated rings. The van der Waals surface area contributed by atoms with E-state index in [2.05, 4.69) is 139 Å². The van der Waals surface area contributed by atoms with Gasteiger partial charge in [-0.15, -0.1) is 0 Å². The summed E-state index contributed by atoms with van der Waals surface area (Å²) in [5, 5.41) is 0. The number of hydrogen-bond acceptors (Lipinski definition) is 6. The van der Waals surface area contributed by atoms with Crippen LogP contribution in [0.5, 0.6) is 0 Å². The van der Waals surface area contributed by atoms with Gasteiger partial charge in [-0.2, -0.15) is 0 Å². The van der Waals surface area contributed by atoms with Crippen LogP contribution in [-0.2, 0) is 19.5 Å². The Morgan fingerprint density at radius 2 is 0.287 bits per heavy atom. The first-order valence-electron chi connectivity index (χ1n) is 23.8. The summed E-state index contributed by atoms with van der Waals surface area (Å²) in [5.41, 5.74) is 19.3. The molecule has 12 aromatic rings. The van der Waals surface area contributed by atoms with Gasteiger partial charge in [0, 0.05) is 37.2 Å². The first kappa shape index (κ1) is 67.3. The van der Waals surface area contributed by atoms with E-state index in [1.807, 2.05) is 183 Å². The largest absolute Gasteiger partial charge is 2.00 e. The SMILES string of the molecule is O.O.O.O.O.[Cl-].[Cl-].[Ru+2].c1ccc(-c2ccnc(-c3cc(-c4ccccc4)ccn3)c2)cc1.c1ccc(-c2ccnc(-c3cc(-c4ccccc4)ccn3)c2)cc1.c1ccc(-c2ccnc(-c3cc(-c4ccccc4)ccn3)c2)cc1. The van der Waals surface area contributed by atoms with Crippen molar-refractivity contribution in [3.8, 4) is 101 Å². The van der Waals surface area contributed by atoms with Crippen molar-refractivity contribution in [2.24, 2.45) is 0 Å². The fraction of sp³-hybridized carbons (Fsp3) is 0. The van der Waals surface area contributed by atoms with Crippen LogP contribution in [0.4, 0.5) is 0 Å². The van der Waals surface area contributed by atoms with Crippen molar-refractivity contribution < 1.29 is 71.7 Å². The van der Waals surface area contributed by atoms with Crippen LogP contribution in [0.15, 0.2) is 292 Å². The Labute approximate surface area is 491 Å². The van der Waals surface area contributed by atoms with E-state index in [4.69, 9.17) is 0 Å². The van der Waals surface area contributed by atoms with Crippen LogP contribution in [0.1, 0.15) is 0 Å². The molecule has 80 heavy (non-hydrogen) atoms. The molecule has 0 spiro atoms.